The van der Waals surface area contributed by atoms with Crippen LogP contribution in [0.3, 0.4) is 0 Å². The Balaban J connectivity index is 1.89. The van der Waals surface area contributed by atoms with Gasteiger partial charge in [-0.2, -0.15) is 0 Å². The molecular weight excluding hydrogens is 310 g/mol. The minimum absolute atomic E-state index is 0.0302. The Morgan fingerprint density at radius 1 is 1.00 bits per heavy atom. The Morgan fingerprint density at radius 3 is 2.28 bits per heavy atom. The SMILES string of the molecule is CC[C@H](NC(=O)/C(=C/c1ccco1)c1ccccc1)c1ccccc1. The van der Waals surface area contributed by atoms with Gasteiger partial charge < -0.3 is 9.73 Å². The number of nitrogens with one attached hydrogen (secondary N) is 1. The van der Waals surface area contributed by atoms with Gasteiger partial charge in [0, 0.05) is 0 Å². The monoisotopic (exact) mass is 331 g/mol. The largest absolute Gasteiger partial charge is 0.465 e. The molecule has 25 heavy (non-hydrogen) atoms. The van der Waals surface area contributed by atoms with Crippen LogP contribution in [0, 0.1) is 0 Å². The zero-order chi connectivity index (χ0) is 17.5. The molecule has 0 fully saturated rings. The fourth-order valence-electron chi connectivity index (χ4n) is 2.76. The van der Waals surface area contributed by atoms with E-state index in [-0.39, 0.29) is 11.9 Å². The third kappa shape index (κ3) is 4.27. The predicted molar refractivity (Wildman–Crippen MR) is 101 cm³/mol. The van der Waals surface area contributed by atoms with Crippen LogP contribution in [0.1, 0.15) is 36.3 Å². The summed E-state index contributed by atoms with van der Waals surface area (Å²) in [6, 6.07) is 23.3. The lowest BCUT2D eigenvalue weighted by atomic mass is 10.0. The molecule has 1 atom stereocenters. The second kappa shape index (κ2) is 8.15. The van der Waals surface area contributed by atoms with Crippen molar-refractivity contribution >= 4 is 17.6 Å². The number of benzene rings is 2. The van der Waals surface area contributed by atoms with Crippen LogP contribution >= 0.6 is 0 Å². The van der Waals surface area contributed by atoms with Crippen molar-refractivity contribution in [2.24, 2.45) is 0 Å². The van der Waals surface area contributed by atoms with Gasteiger partial charge in [-0.25, -0.2) is 0 Å². The van der Waals surface area contributed by atoms with Crippen LogP contribution in [-0.2, 0) is 4.79 Å². The van der Waals surface area contributed by atoms with Crippen LogP contribution in [-0.4, -0.2) is 5.91 Å². The first-order valence-electron chi connectivity index (χ1n) is 8.44. The van der Waals surface area contributed by atoms with E-state index in [1.165, 1.54) is 0 Å². The van der Waals surface area contributed by atoms with E-state index < -0.39 is 0 Å². The van der Waals surface area contributed by atoms with Gasteiger partial charge in [0.2, 0.25) is 0 Å². The summed E-state index contributed by atoms with van der Waals surface area (Å²) in [4.78, 5) is 13.0. The summed E-state index contributed by atoms with van der Waals surface area (Å²) in [6.45, 7) is 2.07. The highest BCUT2D eigenvalue weighted by molar-refractivity contribution is 6.24. The normalized spacial score (nSPS) is 12.6. The summed E-state index contributed by atoms with van der Waals surface area (Å²) >= 11 is 0. The van der Waals surface area contributed by atoms with E-state index in [9.17, 15) is 4.79 Å². The van der Waals surface area contributed by atoms with E-state index in [2.05, 4.69) is 12.2 Å². The van der Waals surface area contributed by atoms with Crippen LogP contribution in [0.2, 0.25) is 0 Å². The highest BCUT2D eigenvalue weighted by atomic mass is 16.3. The van der Waals surface area contributed by atoms with Gasteiger partial charge in [-0.05, 0) is 35.8 Å². The standard InChI is InChI=1S/C22H21NO2/c1-2-21(18-12-7-4-8-13-18)23-22(24)20(16-19-14-9-15-25-19)17-10-5-3-6-11-17/h3-16,21H,2H2,1H3,(H,23,24)/b20-16+/t21-/m0/s1. The van der Waals surface area contributed by atoms with Crippen LogP contribution < -0.4 is 5.32 Å². The molecular formula is C22H21NO2. The van der Waals surface area contributed by atoms with Crippen molar-refractivity contribution in [1.29, 1.82) is 0 Å². The zero-order valence-corrected chi connectivity index (χ0v) is 14.2. The second-order valence-electron chi connectivity index (χ2n) is 5.78. The first-order chi connectivity index (χ1) is 12.3. The summed E-state index contributed by atoms with van der Waals surface area (Å²) < 4.78 is 5.40. The molecule has 3 heteroatoms. The summed E-state index contributed by atoms with van der Waals surface area (Å²) in [7, 11) is 0. The van der Waals surface area contributed by atoms with Crippen molar-refractivity contribution in [3.63, 3.8) is 0 Å². The maximum absolute atomic E-state index is 13.0. The Hall–Kier alpha value is -3.07. The van der Waals surface area contributed by atoms with E-state index in [1.807, 2.05) is 72.8 Å². The number of hydrogen-bond acceptors (Lipinski definition) is 2. The molecule has 2 aromatic carbocycles. The van der Waals surface area contributed by atoms with Crippen molar-refractivity contribution < 1.29 is 9.21 Å². The van der Waals surface area contributed by atoms with E-state index in [4.69, 9.17) is 4.42 Å². The molecule has 3 aromatic rings. The highest BCUT2D eigenvalue weighted by Gasteiger charge is 2.17. The molecule has 0 spiro atoms. The lowest BCUT2D eigenvalue weighted by Crippen LogP contribution is -2.28. The minimum Gasteiger partial charge on any atom is -0.465 e. The molecule has 1 amide bonds. The minimum atomic E-state index is -0.113. The van der Waals surface area contributed by atoms with E-state index in [0.29, 0.717) is 11.3 Å². The second-order valence-corrected chi connectivity index (χ2v) is 5.78. The van der Waals surface area contributed by atoms with Crippen LogP contribution in [0.25, 0.3) is 11.6 Å². The number of carbonyl (C=O) groups excluding carboxylic acids is 1. The van der Waals surface area contributed by atoms with Crippen molar-refractivity contribution in [3.8, 4) is 0 Å². The van der Waals surface area contributed by atoms with Crippen molar-refractivity contribution in [1.82, 2.24) is 5.32 Å². The van der Waals surface area contributed by atoms with E-state index >= 15 is 0 Å². The van der Waals surface area contributed by atoms with Gasteiger partial charge in [0.25, 0.3) is 5.91 Å². The third-order valence-corrected chi connectivity index (χ3v) is 4.07. The molecule has 0 aliphatic heterocycles. The molecule has 1 N–H and O–H groups in total. The average molecular weight is 331 g/mol. The molecule has 0 bridgehead atoms. The molecule has 3 rings (SSSR count). The molecule has 0 saturated heterocycles. The molecule has 0 saturated carbocycles. The van der Waals surface area contributed by atoms with Crippen molar-refractivity contribution in [2.45, 2.75) is 19.4 Å². The third-order valence-electron chi connectivity index (χ3n) is 4.07. The lowest BCUT2D eigenvalue weighted by molar-refractivity contribution is -0.116. The Morgan fingerprint density at radius 2 is 1.68 bits per heavy atom. The molecule has 1 heterocycles. The van der Waals surface area contributed by atoms with Crippen LogP contribution in [0.15, 0.2) is 83.5 Å². The topological polar surface area (TPSA) is 42.2 Å². The Bertz CT molecular complexity index is 821. The van der Waals surface area contributed by atoms with Gasteiger partial charge in [0.05, 0.1) is 17.9 Å². The van der Waals surface area contributed by atoms with Crippen molar-refractivity contribution in [2.75, 3.05) is 0 Å². The molecule has 3 nitrogen and oxygen atoms in total. The maximum atomic E-state index is 13.0. The maximum Gasteiger partial charge on any atom is 0.252 e. The fourth-order valence-corrected chi connectivity index (χ4v) is 2.76. The Labute approximate surface area is 148 Å². The molecule has 0 aliphatic carbocycles. The smallest absolute Gasteiger partial charge is 0.252 e. The zero-order valence-electron chi connectivity index (χ0n) is 14.2. The first kappa shape index (κ1) is 16.8. The van der Waals surface area contributed by atoms with Gasteiger partial charge in [-0.1, -0.05) is 67.6 Å². The molecule has 0 radical (unpaired) electrons. The van der Waals surface area contributed by atoms with Crippen molar-refractivity contribution in [3.05, 3.63) is 95.9 Å². The molecule has 0 unspecified atom stereocenters. The summed E-state index contributed by atoms with van der Waals surface area (Å²) in [5.41, 5.74) is 2.55. The van der Waals surface area contributed by atoms with Gasteiger partial charge in [-0.3, -0.25) is 4.79 Å². The van der Waals surface area contributed by atoms with E-state index in [0.717, 1.165) is 17.5 Å². The van der Waals surface area contributed by atoms with Crippen LogP contribution in [0.5, 0.6) is 0 Å². The molecule has 126 valence electrons. The highest BCUT2D eigenvalue weighted by Crippen LogP contribution is 2.22. The number of hydrogen-bond donors (Lipinski definition) is 1. The lowest BCUT2D eigenvalue weighted by Gasteiger charge is -2.19. The van der Waals surface area contributed by atoms with Gasteiger partial charge in [0.1, 0.15) is 5.76 Å². The predicted octanol–water partition coefficient (Wildman–Crippen LogP) is 5.09. The summed E-state index contributed by atoms with van der Waals surface area (Å²) in [6.07, 6.45) is 4.20. The summed E-state index contributed by atoms with van der Waals surface area (Å²) in [5.74, 6) is 0.542. The number of rotatable bonds is 6. The molecule has 1 aromatic heterocycles. The number of carbonyl (C=O) groups is 1. The van der Waals surface area contributed by atoms with Gasteiger partial charge in [0.15, 0.2) is 0 Å². The first-order valence-corrected chi connectivity index (χ1v) is 8.44. The van der Waals surface area contributed by atoms with Gasteiger partial charge >= 0.3 is 0 Å². The van der Waals surface area contributed by atoms with Gasteiger partial charge in [-0.15, -0.1) is 0 Å². The van der Waals surface area contributed by atoms with Crippen LogP contribution in [0.4, 0.5) is 0 Å². The number of amides is 1. The fraction of sp³-hybridized carbons (Fsp3) is 0.136. The average Bonchev–Trinajstić information content (AvgIpc) is 3.18. The molecule has 0 aliphatic rings. The van der Waals surface area contributed by atoms with E-state index in [1.54, 1.807) is 12.3 Å². The summed E-state index contributed by atoms with van der Waals surface area (Å²) in [5, 5.41) is 3.15. The quantitative estimate of drug-likeness (QED) is 0.639. The number of furan rings is 1. The Kier molecular flexibility index (Phi) is 5.47.